The van der Waals surface area contributed by atoms with E-state index in [1.807, 2.05) is 53.4 Å². The van der Waals surface area contributed by atoms with E-state index < -0.39 is 0 Å². The Labute approximate surface area is 201 Å². The van der Waals surface area contributed by atoms with Crippen molar-refractivity contribution in [1.82, 2.24) is 24.6 Å². The summed E-state index contributed by atoms with van der Waals surface area (Å²) >= 11 is 0. The Hall–Kier alpha value is -4.14. The zero-order valence-corrected chi connectivity index (χ0v) is 19.1. The molecule has 1 N–H and O–H groups in total. The van der Waals surface area contributed by atoms with Crippen LogP contribution in [0.15, 0.2) is 59.5 Å². The van der Waals surface area contributed by atoms with Crippen molar-refractivity contribution < 1.29 is 14.3 Å². The quantitative estimate of drug-likeness (QED) is 0.480. The number of nitrogens with one attached hydrogen (secondary N) is 1. The van der Waals surface area contributed by atoms with E-state index in [2.05, 4.69) is 15.1 Å². The van der Waals surface area contributed by atoms with Crippen LogP contribution in [0.2, 0.25) is 0 Å². The van der Waals surface area contributed by atoms with Gasteiger partial charge in [0.05, 0.1) is 17.9 Å². The van der Waals surface area contributed by atoms with Crippen molar-refractivity contribution in [2.45, 2.75) is 31.7 Å². The molecule has 9 heteroatoms. The van der Waals surface area contributed by atoms with Crippen LogP contribution in [-0.2, 0) is 11.2 Å². The molecule has 1 unspecified atom stereocenters. The lowest BCUT2D eigenvalue weighted by atomic mass is 10.0. The fraction of sp³-hybridized carbons (Fsp3) is 0.308. The van der Waals surface area contributed by atoms with E-state index in [9.17, 15) is 9.59 Å². The summed E-state index contributed by atoms with van der Waals surface area (Å²) in [7, 11) is 0. The van der Waals surface area contributed by atoms with Crippen molar-refractivity contribution in [3.63, 3.8) is 0 Å². The van der Waals surface area contributed by atoms with Crippen LogP contribution < -0.4 is 15.0 Å². The standard InChI is InChI=1S/C26H25N5O4/c32-24(30-12-4-7-20(30)17-8-9-21-22(15-17)35-14-13-34-21)11-10-23-28-25-19(26(33)29-23)16-27-31(25)18-5-2-1-3-6-18/h1-3,5-6,8-9,15-16,20H,4,7,10-14H2,(H,28,29,33). The number of aromatic nitrogens is 4. The molecule has 2 aromatic carbocycles. The van der Waals surface area contributed by atoms with E-state index in [1.165, 1.54) is 6.20 Å². The van der Waals surface area contributed by atoms with E-state index in [0.29, 0.717) is 43.0 Å². The topological polar surface area (TPSA) is 102 Å². The summed E-state index contributed by atoms with van der Waals surface area (Å²) in [6, 6.07) is 15.5. The number of fused-ring (bicyclic) bond motifs is 2. The number of benzene rings is 2. The molecule has 1 amide bonds. The molecule has 35 heavy (non-hydrogen) atoms. The number of nitrogens with zero attached hydrogens (tertiary/aromatic N) is 4. The second kappa shape index (κ2) is 8.90. The summed E-state index contributed by atoms with van der Waals surface area (Å²) < 4.78 is 13.0. The number of hydrogen-bond acceptors (Lipinski definition) is 6. The molecule has 2 aliphatic rings. The molecule has 0 saturated carbocycles. The number of aromatic amines is 1. The van der Waals surface area contributed by atoms with Crippen molar-refractivity contribution in [2.24, 2.45) is 0 Å². The van der Waals surface area contributed by atoms with Crippen molar-refractivity contribution in [3.8, 4) is 17.2 Å². The van der Waals surface area contributed by atoms with E-state index in [1.54, 1.807) is 4.68 Å². The summed E-state index contributed by atoms with van der Waals surface area (Å²) in [6.45, 7) is 1.79. The largest absolute Gasteiger partial charge is 0.486 e. The molecule has 4 heterocycles. The van der Waals surface area contributed by atoms with Crippen molar-refractivity contribution in [1.29, 1.82) is 0 Å². The maximum absolute atomic E-state index is 13.2. The number of ether oxygens (including phenoxy) is 2. The van der Waals surface area contributed by atoms with Gasteiger partial charge in [0.1, 0.15) is 24.4 Å². The first kappa shape index (κ1) is 21.4. The minimum atomic E-state index is -0.255. The minimum Gasteiger partial charge on any atom is -0.486 e. The highest BCUT2D eigenvalue weighted by Crippen LogP contribution is 2.38. The summed E-state index contributed by atoms with van der Waals surface area (Å²) in [5, 5.41) is 4.76. The van der Waals surface area contributed by atoms with Gasteiger partial charge in [-0.3, -0.25) is 9.59 Å². The highest BCUT2D eigenvalue weighted by Gasteiger charge is 2.30. The lowest BCUT2D eigenvalue weighted by molar-refractivity contribution is -0.132. The summed E-state index contributed by atoms with van der Waals surface area (Å²) in [4.78, 5) is 35.2. The Balaban J connectivity index is 1.20. The molecular formula is C26H25N5O4. The monoisotopic (exact) mass is 471 g/mol. The highest BCUT2D eigenvalue weighted by molar-refractivity contribution is 5.78. The molecule has 0 aliphatic carbocycles. The van der Waals surface area contributed by atoms with Crippen LogP contribution in [0, 0.1) is 0 Å². The second-order valence-corrected chi connectivity index (χ2v) is 8.79. The Morgan fingerprint density at radius 3 is 2.77 bits per heavy atom. The van der Waals surface area contributed by atoms with Gasteiger partial charge >= 0.3 is 0 Å². The first-order valence-corrected chi connectivity index (χ1v) is 11.9. The molecule has 4 aromatic rings. The van der Waals surface area contributed by atoms with Gasteiger partial charge in [-0.05, 0) is 42.7 Å². The van der Waals surface area contributed by atoms with Crippen molar-refractivity contribution >= 4 is 16.9 Å². The number of carbonyl (C=O) groups excluding carboxylic acids is 1. The van der Waals surface area contributed by atoms with Gasteiger partial charge in [0.25, 0.3) is 5.56 Å². The highest BCUT2D eigenvalue weighted by atomic mass is 16.6. The molecule has 9 nitrogen and oxygen atoms in total. The van der Waals surface area contributed by atoms with Gasteiger partial charge in [0.15, 0.2) is 17.1 Å². The van der Waals surface area contributed by atoms with E-state index >= 15 is 0 Å². The van der Waals surface area contributed by atoms with Crippen molar-refractivity contribution in [2.75, 3.05) is 19.8 Å². The summed E-state index contributed by atoms with van der Waals surface area (Å²) in [5.41, 5.74) is 2.11. The molecule has 2 aliphatic heterocycles. The third-order valence-corrected chi connectivity index (χ3v) is 6.59. The average Bonchev–Trinajstić information content (AvgIpc) is 3.56. The van der Waals surface area contributed by atoms with Gasteiger partial charge < -0.3 is 19.4 Å². The van der Waals surface area contributed by atoms with Crippen LogP contribution >= 0.6 is 0 Å². The molecule has 178 valence electrons. The minimum absolute atomic E-state index is 0.00678. The Morgan fingerprint density at radius 2 is 1.91 bits per heavy atom. The molecule has 0 radical (unpaired) electrons. The lowest BCUT2D eigenvalue weighted by Gasteiger charge is -2.26. The number of amides is 1. The normalized spacial score (nSPS) is 17.1. The fourth-order valence-electron chi connectivity index (χ4n) is 4.89. The molecule has 1 saturated heterocycles. The molecule has 2 aromatic heterocycles. The van der Waals surface area contributed by atoms with Crippen molar-refractivity contribution in [3.05, 3.63) is 76.5 Å². The number of carbonyl (C=O) groups is 1. The number of likely N-dealkylation sites (tertiary alicyclic amines) is 1. The van der Waals surface area contributed by atoms with Gasteiger partial charge in [-0.25, -0.2) is 9.67 Å². The lowest BCUT2D eigenvalue weighted by Crippen LogP contribution is -2.31. The first-order valence-electron chi connectivity index (χ1n) is 11.9. The van der Waals surface area contributed by atoms with E-state index in [4.69, 9.17) is 9.47 Å². The molecule has 0 bridgehead atoms. The number of para-hydroxylation sites is 1. The van der Waals surface area contributed by atoms with Crippen LogP contribution in [0.1, 0.15) is 36.7 Å². The van der Waals surface area contributed by atoms with Gasteiger partial charge in [-0.2, -0.15) is 5.10 Å². The molecular weight excluding hydrogens is 446 g/mol. The maximum atomic E-state index is 13.2. The van der Waals surface area contributed by atoms with Gasteiger partial charge in [0, 0.05) is 19.4 Å². The van der Waals surface area contributed by atoms with E-state index in [0.717, 1.165) is 35.6 Å². The number of aryl methyl sites for hydroxylation is 1. The zero-order chi connectivity index (χ0) is 23.8. The fourth-order valence-corrected chi connectivity index (χ4v) is 4.89. The number of H-pyrrole nitrogens is 1. The van der Waals surface area contributed by atoms with Crippen LogP contribution in [0.5, 0.6) is 11.5 Å². The molecule has 1 atom stereocenters. The third-order valence-electron chi connectivity index (χ3n) is 6.59. The van der Waals surface area contributed by atoms with E-state index in [-0.39, 0.29) is 23.9 Å². The maximum Gasteiger partial charge on any atom is 0.262 e. The molecule has 0 spiro atoms. The van der Waals surface area contributed by atoms with Gasteiger partial charge in [-0.1, -0.05) is 24.3 Å². The Bertz CT molecular complexity index is 1450. The number of rotatable bonds is 5. The Morgan fingerprint density at radius 1 is 1.09 bits per heavy atom. The molecule has 1 fully saturated rings. The molecule has 6 rings (SSSR count). The van der Waals surface area contributed by atoms with Crippen LogP contribution in [0.4, 0.5) is 0 Å². The van der Waals surface area contributed by atoms with Crippen LogP contribution in [0.25, 0.3) is 16.7 Å². The Kier molecular flexibility index (Phi) is 5.44. The predicted octanol–water partition coefficient (Wildman–Crippen LogP) is 3.18. The third kappa shape index (κ3) is 4.03. The van der Waals surface area contributed by atoms with Gasteiger partial charge in [0.2, 0.25) is 5.91 Å². The first-order chi connectivity index (χ1) is 17.2. The summed E-state index contributed by atoms with van der Waals surface area (Å²) in [5.74, 6) is 2.00. The number of hydrogen-bond donors (Lipinski definition) is 1. The SMILES string of the molecule is O=C(CCc1nc2c(cnn2-c2ccccc2)c(=O)[nH]1)N1CCCC1c1ccc2c(c1)OCCO2. The predicted molar refractivity (Wildman–Crippen MR) is 129 cm³/mol. The zero-order valence-electron chi connectivity index (χ0n) is 19.1. The van der Waals surface area contributed by atoms with Gasteiger partial charge in [-0.15, -0.1) is 0 Å². The summed E-state index contributed by atoms with van der Waals surface area (Å²) in [6.07, 6.45) is 3.97. The van der Waals surface area contributed by atoms with Crippen LogP contribution in [-0.4, -0.2) is 50.3 Å². The average molecular weight is 472 g/mol. The second-order valence-electron chi connectivity index (χ2n) is 8.79. The van der Waals surface area contributed by atoms with Crippen LogP contribution in [0.3, 0.4) is 0 Å². The smallest absolute Gasteiger partial charge is 0.262 e.